The quantitative estimate of drug-likeness (QED) is 0.562. The zero-order valence-corrected chi connectivity index (χ0v) is 20.1. The molecule has 162 valence electrons. The molecule has 0 unspecified atom stereocenters. The number of hydrogen-bond donors (Lipinski definition) is 1. The lowest BCUT2D eigenvalue weighted by molar-refractivity contribution is -0.156. The number of carbonyl (C=O) groups excluding carboxylic acids is 1. The molecular formula is C23H27BrClNO4. The Kier molecular flexibility index (Phi) is 7.00. The van der Waals surface area contributed by atoms with Crippen LogP contribution < -0.4 is 4.74 Å². The highest BCUT2D eigenvalue weighted by atomic mass is 79.9. The van der Waals surface area contributed by atoms with Crippen molar-refractivity contribution in [3.63, 3.8) is 0 Å². The van der Waals surface area contributed by atoms with Gasteiger partial charge in [0.15, 0.2) is 0 Å². The SMILES string of the molecule is Cc1c(Br)cccc1COc1cc(O)c2c(c1Cl)CCN(CC(=O)OC(C)(C)C)C2. The summed E-state index contributed by atoms with van der Waals surface area (Å²) >= 11 is 10.1. The molecular weight excluding hydrogens is 470 g/mol. The number of ether oxygens (including phenoxy) is 2. The van der Waals surface area contributed by atoms with Crippen molar-refractivity contribution in [1.82, 2.24) is 4.90 Å². The molecule has 2 aromatic rings. The summed E-state index contributed by atoms with van der Waals surface area (Å²) < 4.78 is 12.4. The lowest BCUT2D eigenvalue weighted by Crippen LogP contribution is -2.38. The van der Waals surface area contributed by atoms with Gasteiger partial charge in [0.25, 0.3) is 0 Å². The summed E-state index contributed by atoms with van der Waals surface area (Å²) in [4.78, 5) is 14.1. The van der Waals surface area contributed by atoms with Gasteiger partial charge >= 0.3 is 5.97 Å². The molecule has 1 N–H and O–H groups in total. The number of fused-ring (bicyclic) bond motifs is 1. The monoisotopic (exact) mass is 495 g/mol. The molecule has 0 saturated carbocycles. The summed E-state index contributed by atoms with van der Waals surface area (Å²) in [6.45, 7) is 9.18. The van der Waals surface area contributed by atoms with Crippen LogP contribution in [0.15, 0.2) is 28.7 Å². The number of nitrogens with zero attached hydrogens (tertiary/aromatic N) is 1. The zero-order chi connectivity index (χ0) is 22.1. The Balaban J connectivity index is 1.72. The molecule has 0 radical (unpaired) electrons. The largest absolute Gasteiger partial charge is 0.507 e. The second kappa shape index (κ2) is 9.16. The maximum absolute atomic E-state index is 12.1. The van der Waals surface area contributed by atoms with Gasteiger partial charge in [-0.2, -0.15) is 0 Å². The van der Waals surface area contributed by atoms with Gasteiger partial charge in [-0.25, -0.2) is 0 Å². The van der Waals surface area contributed by atoms with E-state index < -0.39 is 5.60 Å². The van der Waals surface area contributed by atoms with Crippen molar-refractivity contribution in [3.8, 4) is 11.5 Å². The van der Waals surface area contributed by atoms with Gasteiger partial charge in [0.05, 0.1) is 11.6 Å². The van der Waals surface area contributed by atoms with Crippen LogP contribution in [0, 0.1) is 6.92 Å². The number of halogens is 2. The predicted octanol–water partition coefficient (Wildman–Crippen LogP) is 5.40. The van der Waals surface area contributed by atoms with Crippen LogP contribution in [-0.4, -0.2) is 34.7 Å². The van der Waals surface area contributed by atoms with Crippen LogP contribution in [-0.2, 0) is 29.1 Å². The molecule has 0 fully saturated rings. The van der Waals surface area contributed by atoms with Crippen LogP contribution in [0.5, 0.6) is 11.5 Å². The van der Waals surface area contributed by atoms with E-state index in [1.54, 1.807) is 6.07 Å². The molecule has 30 heavy (non-hydrogen) atoms. The van der Waals surface area contributed by atoms with Crippen molar-refractivity contribution in [3.05, 3.63) is 56.0 Å². The zero-order valence-electron chi connectivity index (χ0n) is 17.7. The van der Waals surface area contributed by atoms with E-state index in [4.69, 9.17) is 21.1 Å². The molecule has 1 heterocycles. The maximum Gasteiger partial charge on any atom is 0.320 e. The van der Waals surface area contributed by atoms with Crippen molar-refractivity contribution in [1.29, 1.82) is 0 Å². The average Bonchev–Trinajstić information content (AvgIpc) is 2.65. The van der Waals surface area contributed by atoms with E-state index in [0.717, 1.165) is 26.7 Å². The van der Waals surface area contributed by atoms with E-state index in [-0.39, 0.29) is 18.3 Å². The van der Waals surface area contributed by atoms with Crippen LogP contribution in [0.4, 0.5) is 0 Å². The van der Waals surface area contributed by atoms with Gasteiger partial charge in [0, 0.05) is 29.2 Å². The summed E-state index contributed by atoms with van der Waals surface area (Å²) in [5.41, 5.74) is 3.24. The Hall–Kier alpha value is -1.76. The van der Waals surface area contributed by atoms with Crippen LogP contribution in [0.2, 0.25) is 5.02 Å². The van der Waals surface area contributed by atoms with E-state index in [1.807, 2.05) is 50.8 Å². The van der Waals surface area contributed by atoms with Crippen LogP contribution >= 0.6 is 27.5 Å². The van der Waals surface area contributed by atoms with Gasteiger partial charge in [-0.3, -0.25) is 9.69 Å². The first-order chi connectivity index (χ1) is 14.0. The van der Waals surface area contributed by atoms with Crippen LogP contribution in [0.25, 0.3) is 0 Å². The topological polar surface area (TPSA) is 59.0 Å². The highest BCUT2D eigenvalue weighted by molar-refractivity contribution is 9.10. The number of benzene rings is 2. The minimum atomic E-state index is -0.519. The molecule has 0 atom stereocenters. The number of rotatable bonds is 5. The summed E-state index contributed by atoms with van der Waals surface area (Å²) in [7, 11) is 0. The minimum Gasteiger partial charge on any atom is -0.507 e. The molecule has 0 aliphatic carbocycles. The molecule has 0 amide bonds. The van der Waals surface area contributed by atoms with Gasteiger partial charge in [0.1, 0.15) is 23.7 Å². The van der Waals surface area contributed by atoms with Crippen LogP contribution in [0.1, 0.15) is 43.0 Å². The lowest BCUT2D eigenvalue weighted by Gasteiger charge is -2.30. The third-order valence-electron chi connectivity index (χ3n) is 5.02. The lowest BCUT2D eigenvalue weighted by atomic mass is 9.98. The Morgan fingerprint density at radius 1 is 1.30 bits per heavy atom. The summed E-state index contributed by atoms with van der Waals surface area (Å²) in [6.07, 6.45) is 0.623. The molecule has 2 aromatic carbocycles. The number of phenols is 1. The highest BCUT2D eigenvalue weighted by Crippen LogP contribution is 2.40. The van der Waals surface area contributed by atoms with Crippen molar-refractivity contribution >= 4 is 33.5 Å². The summed E-state index contributed by atoms with van der Waals surface area (Å²) in [5.74, 6) is 0.318. The Bertz CT molecular complexity index is 955. The third-order valence-corrected chi connectivity index (χ3v) is 6.29. The molecule has 0 spiro atoms. The van der Waals surface area contributed by atoms with E-state index in [2.05, 4.69) is 15.9 Å². The molecule has 3 rings (SSSR count). The Morgan fingerprint density at radius 2 is 2.03 bits per heavy atom. The molecule has 5 nitrogen and oxygen atoms in total. The standard InChI is InChI=1S/C23H27BrClNO4/c1-14-15(6-5-7-18(14)24)13-29-20-10-19(27)17-11-26(9-8-16(17)22(20)25)12-21(28)30-23(2,3)4/h5-7,10,27H,8-9,11-13H2,1-4H3. The average molecular weight is 497 g/mol. The molecule has 0 saturated heterocycles. The predicted molar refractivity (Wildman–Crippen MR) is 121 cm³/mol. The number of aromatic hydroxyl groups is 1. The van der Waals surface area contributed by atoms with Crippen molar-refractivity contribution in [2.24, 2.45) is 0 Å². The van der Waals surface area contributed by atoms with Crippen LogP contribution in [0.3, 0.4) is 0 Å². The fourth-order valence-corrected chi connectivity index (χ4v) is 4.21. The molecule has 0 aromatic heterocycles. The van der Waals surface area contributed by atoms with E-state index in [0.29, 0.717) is 36.9 Å². The second-order valence-electron chi connectivity index (χ2n) is 8.52. The first-order valence-corrected chi connectivity index (χ1v) is 11.1. The fourth-order valence-electron chi connectivity index (χ4n) is 3.48. The van der Waals surface area contributed by atoms with Gasteiger partial charge in [-0.1, -0.05) is 39.7 Å². The number of carbonyl (C=O) groups is 1. The first-order valence-electron chi connectivity index (χ1n) is 9.89. The van der Waals surface area contributed by atoms with Gasteiger partial charge < -0.3 is 14.6 Å². The molecule has 1 aliphatic rings. The van der Waals surface area contributed by atoms with Gasteiger partial charge in [-0.15, -0.1) is 0 Å². The van der Waals surface area contributed by atoms with E-state index in [1.165, 1.54) is 0 Å². The summed E-state index contributed by atoms with van der Waals surface area (Å²) in [6, 6.07) is 7.51. The third kappa shape index (κ3) is 5.48. The van der Waals surface area contributed by atoms with Crippen molar-refractivity contribution in [2.75, 3.05) is 13.1 Å². The Morgan fingerprint density at radius 3 is 2.73 bits per heavy atom. The maximum atomic E-state index is 12.1. The Labute approximate surface area is 191 Å². The number of hydrogen-bond acceptors (Lipinski definition) is 5. The van der Waals surface area contributed by atoms with E-state index in [9.17, 15) is 9.90 Å². The molecule has 1 aliphatic heterocycles. The second-order valence-corrected chi connectivity index (χ2v) is 9.76. The van der Waals surface area contributed by atoms with Crippen molar-refractivity contribution < 1.29 is 19.4 Å². The van der Waals surface area contributed by atoms with Gasteiger partial charge in [0.2, 0.25) is 0 Å². The molecule has 0 bridgehead atoms. The first kappa shape index (κ1) is 22.9. The minimum absolute atomic E-state index is 0.129. The highest BCUT2D eigenvalue weighted by Gasteiger charge is 2.27. The number of esters is 1. The smallest absolute Gasteiger partial charge is 0.320 e. The normalized spacial score (nSPS) is 14.3. The summed E-state index contributed by atoms with van der Waals surface area (Å²) in [5, 5.41) is 11.1. The fraction of sp³-hybridized carbons (Fsp3) is 0.435. The van der Waals surface area contributed by atoms with Crippen molar-refractivity contribution in [2.45, 2.75) is 52.9 Å². The number of phenolic OH excluding ortho intramolecular Hbond substituents is 1. The van der Waals surface area contributed by atoms with Gasteiger partial charge in [-0.05, 0) is 56.9 Å². The molecule has 7 heteroatoms. The van der Waals surface area contributed by atoms with E-state index >= 15 is 0 Å².